The maximum Gasteiger partial charge on any atom is 0.339 e. The molecule has 0 amide bonds. The van der Waals surface area contributed by atoms with Crippen molar-refractivity contribution in [3.63, 3.8) is 0 Å². The average molecular weight is 446 g/mol. The van der Waals surface area contributed by atoms with Gasteiger partial charge in [0.05, 0.1) is 22.8 Å². The highest BCUT2D eigenvalue weighted by molar-refractivity contribution is 5.95. The van der Waals surface area contributed by atoms with Crippen molar-refractivity contribution in [2.45, 2.75) is 0 Å². The fourth-order valence-electron chi connectivity index (χ4n) is 4.13. The first-order valence-electron chi connectivity index (χ1n) is 10.7. The number of nitrogens with zero attached hydrogens (tertiary/aromatic N) is 2. The molecule has 4 N–H and O–H groups in total. The normalized spacial score (nSPS) is 12.2. The van der Waals surface area contributed by atoms with Crippen molar-refractivity contribution in [1.82, 2.24) is 19.9 Å². The van der Waals surface area contributed by atoms with Crippen LogP contribution in [0.2, 0.25) is 0 Å². The monoisotopic (exact) mass is 446 g/mol. The number of carboxylic acid groups (broad SMARTS) is 1. The molecular formula is C27H18N4O3. The Morgan fingerprint density at radius 2 is 1.26 bits per heavy atom. The largest absolute Gasteiger partial charge is 0.507 e. The van der Waals surface area contributed by atoms with Crippen LogP contribution in [0.15, 0.2) is 60.7 Å². The summed E-state index contributed by atoms with van der Waals surface area (Å²) in [4.78, 5) is 27.7. The Morgan fingerprint density at radius 3 is 1.88 bits per heavy atom. The van der Waals surface area contributed by atoms with Gasteiger partial charge in [0, 0.05) is 27.6 Å². The van der Waals surface area contributed by atoms with Crippen molar-refractivity contribution in [2.24, 2.45) is 0 Å². The number of fused-ring (bicyclic) bond motifs is 8. The van der Waals surface area contributed by atoms with Gasteiger partial charge in [0.25, 0.3) is 0 Å². The molecule has 7 heteroatoms. The molecule has 7 nitrogen and oxygen atoms in total. The van der Waals surface area contributed by atoms with Crippen molar-refractivity contribution in [3.8, 4) is 16.9 Å². The molecule has 4 aromatic rings. The van der Waals surface area contributed by atoms with E-state index in [0.717, 1.165) is 50.4 Å². The van der Waals surface area contributed by atoms with Gasteiger partial charge >= 0.3 is 5.97 Å². The van der Waals surface area contributed by atoms with E-state index >= 15 is 0 Å². The number of hydrogen-bond acceptors (Lipinski definition) is 4. The lowest BCUT2D eigenvalue weighted by Gasteiger charge is -2.03. The molecule has 2 aliphatic heterocycles. The Labute approximate surface area is 193 Å². The molecule has 0 aliphatic carbocycles. The number of rotatable bonds is 2. The number of carboxylic acids is 1. The summed E-state index contributed by atoms with van der Waals surface area (Å²) in [6.07, 6.45) is 7.77. The number of nitrogens with one attached hydrogen (secondary N) is 2. The van der Waals surface area contributed by atoms with E-state index in [1.165, 1.54) is 12.1 Å². The Bertz CT molecular complexity index is 1710. The summed E-state index contributed by atoms with van der Waals surface area (Å²) in [5.74, 6) is -1.46. The topological polar surface area (TPSA) is 115 Å². The van der Waals surface area contributed by atoms with Gasteiger partial charge in [-0.15, -0.1) is 0 Å². The van der Waals surface area contributed by atoms with E-state index in [1.807, 2.05) is 66.8 Å². The lowest BCUT2D eigenvalue weighted by molar-refractivity contribution is 0.0694. The molecule has 3 aromatic heterocycles. The van der Waals surface area contributed by atoms with Crippen molar-refractivity contribution in [1.29, 1.82) is 0 Å². The first-order chi connectivity index (χ1) is 16.5. The van der Waals surface area contributed by atoms with Crippen LogP contribution < -0.4 is 0 Å². The number of carbonyl (C=O) groups is 1. The second-order valence-corrected chi connectivity index (χ2v) is 8.13. The standard InChI is InChI=1S/C27H18N4O3/c32-26-8-1-15(9-24(26)27(33)34)23-13-22-12-20-5-4-18(29-20)10-16-2-3-17(28-16)11-19-6-7-21(30-19)14-25(23)31-22/h1-14,28,31-32H,(H,33,34). The van der Waals surface area contributed by atoms with Crippen molar-refractivity contribution < 1.29 is 15.0 Å². The molecule has 0 radical (unpaired) electrons. The van der Waals surface area contributed by atoms with Gasteiger partial charge in [0.15, 0.2) is 0 Å². The molecule has 0 atom stereocenters. The molecule has 0 fully saturated rings. The van der Waals surface area contributed by atoms with Crippen molar-refractivity contribution in [3.05, 3.63) is 89.0 Å². The zero-order valence-electron chi connectivity index (χ0n) is 17.8. The second kappa shape index (κ2) is 7.60. The highest BCUT2D eigenvalue weighted by Gasteiger charge is 2.13. The minimum absolute atomic E-state index is 0.153. The van der Waals surface area contributed by atoms with Gasteiger partial charge in [-0.25, -0.2) is 14.8 Å². The average Bonchev–Trinajstić information content (AvgIpc) is 3.59. The molecule has 8 bridgehead atoms. The number of aromatic amines is 2. The SMILES string of the molecule is O=C(O)c1cc(-c2cc3cc4nc(cc5ccc(cc6nc(cc2[nH]3)C=C6)[nH]5)C=C4)ccc1O. The summed E-state index contributed by atoms with van der Waals surface area (Å²) in [6, 6.07) is 18.3. The number of benzene rings is 1. The minimum Gasteiger partial charge on any atom is -0.507 e. The summed E-state index contributed by atoms with van der Waals surface area (Å²) in [5, 5.41) is 19.4. The maximum atomic E-state index is 11.6. The summed E-state index contributed by atoms with van der Waals surface area (Å²) in [5.41, 5.74) is 7.98. The predicted octanol–water partition coefficient (Wildman–Crippen LogP) is 5.73. The van der Waals surface area contributed by atoms with Crippen LogP contribution in [-0.4, -0.2) is 36.1 Å². The van der Waals surface area contributed by atoms with Crippen LogP contribution in [0.25, 0.3) is 57.5 Å². The summed E-state index contributed by atoms with van der Waals surface area (Å²) in [6.45, 7) is 0. The number of phenols is 1. The van der Waals surface area contributed by atoms with E-state index in [0.29, 0.717) is 5.56 Å². The van der Waals surface area contributed by atoms with Gasteiger partial charge < -0.3 is 20.2 Å². The lowest BCUT2D eigenvalue weighted by Crippen LogP contribution is -1.96. The highest BCUT2D eigenvalue weighted by atomic mass is 16.4. The van der Waals surface area contributed by atoms with Crippen LogP contribution in [0, 0.1) is 0 Å². The van der Waals surface area contributed by atoms with Crippen LogP contribution in [0.1, 0.15) is 33.1 Å². The lowest BCUT2D eigenvalue weighted by atomic mass is 10.0. The summed E-state index contributed by atoms with van der Waals surface area (Å²) >= 11 is 0. The number of aromatic hydroxyl groups is 1. The third kappa shape index (κ3) is 3.65. The van der Waals surface area contributed by atoms with Gasteiger partial charge in [-0.05, 0) is 84.5 Å². The first-order valence-corrected chi connectivity index (χ1v) is 10.7. The summed E-state index contributed by atoms with van der Waals surface area (Å²) < 4.78 is 0. The van der Waals surface area contributed by atoms with Crippen molar-refractivity contribution in [2.75, 3.05) is 0 Å². The predicted molar refractivity (Wildman–Crippen MR) is 133 cm³/mol. The number of H-pyrrole nitrogens is 2. The Balaban J connectivity index is 1.65. The smallest absolute Gasteiger partial charge is 0.339 e. The Morgan fingerprint density at radius 1 is 0.676 bits per heavy atom. The fourth-order valence-corrected chi connectivity index (χ4v) is 4.13. The summed E-state index contributed by atoms with van der Waals surface area (Å²) in [7, 11) is 0. The minimum atomic E-state index is -1.19. The highest BCUT2D eigenvalue weighted by Crippen LogP contribution is 2.31. The molecule has 0 saturated heterocycles. The van der Waals surface area contributed by atoms with Crippen molar-refractivity contribution >= 4 is 52.3 Å². The molecule has 0 unspecified atom stereocenters. The van der Waals surface area contributed by atoms with Crippen LogP contribution in [-0.2, 0) is 0 Å². The zero-order chi connectivity index (χ0) is 23.2. The van der Waals surface area contributed by atoms with E-state index in [4.69, 9.17) is 4.98 Å². The van der Waals surface area contributed by atoms with E-state index in [1.54, 1.807) is 6.07 Å². The quantitative estimate of drug-likeness (QED) is 0.271. The van der Waals surface area contributed by atoms with Gasteiger partial charge in [-0.3, -0.25) is 0 Å². The number of aromatic carboxylic acids is 1. The van der Waals surface area contributed by atoms with Crippen LogP contribution in [0.3, 0.4) is 0 Å². The van der Waals surface area contributed by atoms with Crippen LogP contribution >= 0.6 is 0 Å². The molecule has 0 spiro atoms. The van der Waals surface area contributed by atoms with E-state index in [9.17, 15) is 15.0 Å². The third-order valence-electron chi connectivity index (χ3n) is 5.71. The van der Waals surface area contributed by atoms with Gasteiger partial charge in [-0.1, -0.05) is 6.07 Å². The van der Waals surface area contributed by atoms with E-state index in [2.05, 4.69) is 15.0 Å². The number of hydrogen-bond donors (Lipinski definition) is 4. The molecule has 5 heterocycles. The maximum absolute atomic E-state index is 11.6. The molecule has 1 aromatic carbocycles. The number of aromatic nitrogens is 4. The van der Waals surface area contributed by atoms with E-state index < -0.39 is 5.97 Å². The molecule has 164 valence electrons. The zero-order valence-corrected chi connectivity index (χ0v) is 17.8. The molecule has 2 aliphatic rings. The molecular weight excluding hydrogens is 428 g/mol. The Hall–Kier alpha value is -4.91. The second-order valence-electron chi connectivity index (χ2n) is 8.13. The van der Waals surface area contributed by atoms with Crippen LogP contribution in [0.5, 0.6) is 5.75 Å². The Kier molecular flexibility index (Phi) is 4.41. The fraction of sp³-hybridized carbons (Fsp3) is 0. The van der Waals surface area contributed by atoms with Crippen LogP contribution in [0.4, 0.5) is 0 Å². The van der Waals surface area contributed by atoms with Gasteiger partial charge in [0.1, 0.15) is 11.3 Å². The van der Waals surface area contributed by atoms with E-state index in [-0.39, 0.29) is 11.3 Å². The van der Waals surface area contributed by atoms with Gasteiger partial charge in [-0.2, -0.15) is 0 Å². The third-order valence-corrected chi connectivity index (χ3v) is 5.71. The molecule has 34 heavy (non-hydrogen) atoms. The first kappa shape index (κ1) is 19.8. The molecule has 0 saturated carbocycles. The van der Waals surface area contributed by atoms with Gasteiger partial charge in [0.2, 0.25) is 0 Å². The molecule has 6 rings (SSSR count).